The first-order chi connectivity index (χ1) is 7.19. The normalized spacial score (nSPS) is 11.9. The van der Waals surface area contributed by atoms with E-state index in [1.165, 1.54) is 0 Å². The van der Waals surface area contributed by atoms with Gasteiger partial charge in [0.05, 0.1) is 12.5 Å². The quantitative estimate of drug-likeness (QED) is 0.788. The smallest absolute Gasteiger partial charge is 0.128 e. The molecule has 0 radical (unpaired) electrons. The summed E-state index contributed by atoms with van der Waals surface area (Å²) in [5, 5.41) is 9.43. The second-order valence-electron chi connectivity index (χ2n) is 3.48. The van der Waals surface area contributed by atoms with Gasteiger partial charge in [0, 0.05) is 24.6 Å². The van der Waals surface area contributed by atoms with Crippen molar-refractivity contribution in [2.75, 3.05) is 11.9 Å². The van der Waals surface area contributed by atoms with Gasteiger partial charge in [-0.15, -0.1) is 0 Å². The molecule has 0 aliphatic carbocycles. The predicted molar refractivity (Wildman–Crippen MR) is 65.0 cm³/mol. The first-order valence-corrected chi connectivity index (χ1v) is 5.92. The van der Waals surface area contributed by atoms with Crippen LogP contribution in [0.1, 0.15) is 18.9 Å². The molecule has 0 aromatic carbocycles. The second-order valence-corrected chi connectivity index (χ2v) is 4.04. The number of rotatable bonds is 4. The Morgan fingerprint density at radius 2 is 2.33 bits per heavy atom. The highest BCUT2D eigenvalue weighted by molar-refractivity contribution is 9.08. The lowest BCUT2D eigenvalue weighted by atomic mass is 10.2. The summed E-state index contributed by atoms with van der Waals surface area (Å²) in [6.07, 6.45) is 2.36. The number of pyridine rings is 1. The number of nitrogens with zero attached hydrogens (tertiary/aromatic N) is 3. The summed E-state index contributed by atoms with van der Waals surface area (Å²) < 4.78 is 0. The maximum atomic E-state index is 8.61. The SMILES string of the molecule is CC(CC#N)N(C)c1ccc(CBr)cn1. The maximum absolute atomic E-state index is 8.61. The number of aromatic nitrogens is 1. The third-order valence-electron chi connectivity index (χ3n) is 2.37. The van der Waals surface area contributed by atoms with Gasteiger partial charge in [0.1, 0.15) is 5.82 Å². The molecule has 0 aliphatic heterocycles. The van der Waals surface area contributed by atoms with Crippen molar-refractivity contribution in [3.05, 3.63) is 23.9 Å². The maximum Gasteiger partial charge on any atom is 0.128 e. The van der Waals surface area contributed by atoms with Crippen LogP contribution in [0.2, 0.25) is 0 Å². The van der Waals surface area contributed by atoms with Crippen molar-refractivity contribution in [1.29, 1.82) is 5.26 Å². The number of halogens is 1. The monoisotopic (exact) mass is 267 g/mol. The van der Waals surface area contributed by atoms with Crippen molar-refractivity contribution in [3.63, 3.8) is 0 Å². The van der Waals surface area contributed by atoms with Crippen molar-refractivity contribution in [2.45, 2.75) is 24.7 Å². The van der Waals surface area contributed by atoms with E-state index in [0.717, 1.165) is 16.7 Å². The fourth-order valence-corrected chi connectivity index (χ4v) is 1.53. The minimum Gasteiger partial charge on any atom is -0.356 e. The van der Waals surface area contributed by atoms with E-state index in [0.29, 0.717) is 6.42 Å². The Bertz CT molecular complexity index is 342. The topological polar surface area (TPSA) is 39.9 Å². The van der Waals surface area contributed by atoms with Crippen LogP contribution >= 0.6 is 15.9 Å². The van der Waals surface area contributed by atoms with Crippen LogP contribution in [0, 0.1) is 11.3 Å². The molecule has 0 saturated carbocycles. The molecule has 0 aliphatic rings. The molecular weight excluding hydrogens is 254 g/mol. The average molecular weight is 268 g/mol. The standard InChI is InChI=1S/C11H14BrN3/c1-9(5-6-13)15(2)11-4-3-10(7-12)8-14-11/h3-4,8-9H,5,7H2,1-2H3. The molecule has 3 nitrogen and oxygen atoms in total. The number of anilines is 1. The van der Waals surface area contributed by atoms with E-state index in [1.54, 1.807) is 0 Å². The zero-order chi connectivity index (χ0) is 11.3. The molecule has 1 aromatic rings. The van der Waals surface area contributed by atoms with Crippen molar-refractivity contribution in [2.24, 2.45) is 0 Å². The Morgan fingerprint density at radius 1 is 1.60 bits per heavy atom. The largest absolute Gasteiger partial charge is 0.356 e. The van der Waals surface area contributed by atoms with Crippen LogP contribution < -0.4 is 4.90 Å². The van der Waals surface area contributed by atoms with Gasteiger partial charge in [0.25, 0.3) is 0 Å². The fraction of sp³-hybridized carbons (Fsp3) is 0.455. The van der Waals surface area contributed by atoms with E-state index >= 15 is 0 Å². The highest BCUT2D eigenvalue weighted by Gasteiger charge is 2.10. The summed E-state index contributed by atoms with van der Waals surface area (Å²) in [5.41, 5.74) is 1.15. The van der Waals surface area contributed by atoms with E-state index in [2.05, 4.69) is 27.0 Å². The number of hydrogen-bond donors (Lipinski definition) is 0. The molecule has 1 unspecified atom stereocenters. The molecule has 0 bridgehead atoms. The lowest BCUT2D eigenvalue weighted by molar-refractivity contribution is 0.694. The van der Waals surface area contributed by atoms with Gasteiger partial charge in [0.15, 0.2) is 0 Å². The summed E-state index contributed by atoms with van der Waals surface area (Å²) >= 11 is 3.38. The summed E-state index contributed by atoms with van der Waals surface area (Å²) in [5.74, 6) is 0.905. The first-order valence-electron chi connectivity index (χ1n) is 4.79. The molecule has 0 fully saturated rings. The zero-order valence-corrected chi connectivity index (χ0v) is 10.5. The highest BCUT2D eigenvalue weighted by Crippen LogP contribution is 2.14. The van der Waals surface area contributed by atoms with E-state index in [-0.39, 0.29) is 6.04 Å². The van der Waals surface area contributed by atoms with E-state index in [4.69, 9.17) is 5.26 Å². The van der Waals surface area contributed by atoms with E-state index in [9.17, 15) is 0 Å². The Balaban J connectivity index is 2.74. The predicted octanol–water partition coefficient (Wildman–Crippen LogP) is 2.71. The number of nitriles is 1. The Hall–Kier alpha value is -1.08. The van der Waals surface area contributed by atoms with Gasteiger partial charge in [-0.3, -0.25) is 0 Å². The van der Waals surface area contributed by atoms with Crippen LogP contribution in [0.3, 0.4) is 0 Å². The summed E-state index contributed by atoms with van der Waals surface area (Å²) in [7, 11) is 1.96. The lowest BCUT2D eigenvalue weighted by Crippen LogP contribution is -2.29. The van der Waals surface area contributed by atoms with Gasteiger partial charge in [-0.25, -0.2) is 4.98 Å². The highest BCUT2D eigenvalue weighted by atomic mass is 79.9. The molecule has 4 heteroatoms. The van der Waals surface area contributed by atoms with Gasteiger partial charge in [-0.2, -0.15) is 5.26 Å². The molecule has 1 rings (SSSR count). The lowest BCUT2D eigenvalue weighted by Gasteiger charge is -2.23. The van der Waals surface area contributed by atoms with Gasteiger partial charge in [-0.1, -0.05) is 22.0 Å². The summed E-state index contributed by atoms with van der Waals surface area (Å²) in [6, 6.07) is 6.37. The summed E-state index contributed by atoms with van der Waals surface area (Å²) in [4.78, 5) is 6.35. The molecule has 15 heavy (non-hydrogen) atoms. The van der Waals surface area contributed by atoms with Gasteiger partial charge >= 0.3 is 0 Å². The van der Waals surface area contributed by atoms with Crippen molar-refractivity contribution >= 4 is 21.7 Å². The minimum absolute atomic E-state index is 0.192. The van der Waals surface area contributed by atoms with Gasteiger partial charge in [-0.05, 0) is 18.6 Å². The van der Waals surface area contributed by atoms with Crippen LogP contribution in [-0.2, 0) is 5.33 Å². The third kappa shape index (κ3) is 3.21. The molecule has 0 amide bonds. The fourth-order valence-electron chi connectivity index (χ4n) is 1.20. The van der Waals surface area contributed by atoms with Gasteiger partial charge in [0.2, 0.25) is 0 Å². The van der Waals surface area contributed by atoms with E-state index in [1.807, 2.05) is 37.2 Å². The molecule has 1 aromatic heterocycles. The molecule has 0 spiro atoms. The average Bonchev–Trinajstić information content (AvgIpc) is 2.28. The van der Waals surface area contributed by atoms with Crippen molar-refractivity contribution < 1.29 is 0 Å². The van der Waals surface area contributed by atoms with Crippen LogP contribution in [0.25, 0.3) is 0 Å². The van der Waals surface area contributed by atoms with Gasteiger partial charge < -0.3 is 4.90 Å². The Kier molecular flexibility index (Phi) is 4.57. The molecule has 0 saturated heterocycles. The Morgan fingerprint density at radius 3 is 2.80 bits per heavy atom. The second kappa shape index (κ2) is 5.72. The zero-order valence-electron chi connectivity index (χ0n) is 8.94. The van der Waals surface area contributed by atoms with Crippen molar-refractivity contribution in [3.8, 4) is 6.07 Å². The van der Waals surface area contributed by atoms with E-state index < -0.39 is 0 Å². The van der Waals surface area contributed by atoms with Crippen LogP contribution in [0.4, 0.5) is 5.82 Å². The minimum atomic E-state index is 0.192. The number of alkyl halides is 1. The van der Waals surface area contributed by atoms with Crippen LogP contribution in [0.15, 0.2) is 18.3 Å². The van der Waals surface area contributed by atoms with Crippen molar-refractivity contribution in [1.82, 2.24) is 4.98 Å². The molecule has 1 heterocycles. The molecule has 80 valence electrons. The number of hydrogen-bond acceptors (Lipinski definition) is 3. The van der Waals surface area contributed by atoms with Crippen LogP contribution in [0.5, 0.6) is 0 Å². The Labute approximate surface area is 98.9 Å². The molecule has 1 atom stereocenters. The van der Waals surface area contributed by atoms with Crippen LogP contribution in [-0.4, -0.2) is 18.1 Å². The summed E-state index contributed by atoms with van der Waals surface area (Å²) in [6.45, 7) is 2.02. The first kappa shape index (κ1) is 12.0. The third-order valence-corrected chi connectivity index (χ3v) is 3.02. The molecular formula is C11H14BrN3. The molecule has 0 N–H and O–H groups in total.